The number of nitrogens with zero attached hydrogens (tertiary/aromatic N) is 1. The van der Waals surface area contributed by atoms with Gasteiger partial charge in [-0.1, -0.05) is 30.3 Å². The summed E-state index contributed by atoms with van der Waals surface area (Å²) in [4.78, 5) is 12.7. The maximum Gasteiger partial charge on any atom is 0 e. The fourth-order valence-electron chi connectivity index (χ4n) is 1.92. The average molecular weight is 388 g/mol. The Labute approximate surface area is 160 Å². The van der Waals surface area contributed by atoms with Crippen LogP contribution in [0.3, 0.4) is 0 Å². The van der Waals surface area contributed by atoms with Crippen LogP contribution < -0.4 is 0 Å². The molecule has 1 aromatic rings. The third kappa shape index (κ3) is 18.6. The van der Waals surface area contributed by atoms with Crippen molar-refractivity contribution >= 4 is 6.41 Å². The van der Waals surface area contributed by atoms with Gasteiger partial charge in [0.1, 0.15) is 0 Å². The van der Waals surface area contributed by atoms with Crippen LogP contribution >= 0.6 is 0 Å². The van der Waals surface area contributed by atoms with Crippen molar-refractivity contribution in [3.63, 3.8) is 0 Å². The van der Waals surface area contributed by atoms with Crippen LogP contribution in [0.15, 0.2) is 30.3 Å². The Balaban J connectivity index is -0.000000284. The van der Waals surface area contributed by atoms with Gasteiger partial charge in [0, 0.05) is 23.6 Å². The van der Waals surface area contributed by atoms with E-state index in [9.17, 15) is 9.90 Å². The number of amides is 1. The van der Waals surface area contributed by atoms with Gasteiger partial charge >= 0.3 is 33.9 Å². The zero-order valence-electron chi connectivity index (χ0n) is 14.3. The van der Waals surface area contributed by atoms with Crippen LogP contribution in [0.2, 0.25) is 0 Å². The maximum absolute atomic E-state index is 11.0. The quantitative estimate of drug-likeness (QED) is 0.320. The van der Waals surface area contributed by atoms with Crippen LogP contribution in [0.4, 0.5) is 0 Å². The average Bonchev–Trinajstić information content (AvgIpc) is 2.65. The molecule has 0 fully saturated rings. The minimum atomic E-state index is -0.264. The first-order valence-corrected chi connectivity index (χ1v) is 7.11. The van der Waals surface area contributed by atoms with Gasteiger partial charge in [-0.3, -0.25) is 0 Å². The van der Waals surface area contributed by atoms with E-state index >= 15 is 0 Å². The van der Waals surface area contributed by atoms with E-state index < -0.39 is 0 Å². The van der Waals surface area contributed by atoms with Crippen molar-refractivity contribution in [1.29, 1.82) is 0 Å². The minimum absolute atomic E-state index is 0. The summed E-state index contributed by atoms with van der Waals surface area (Å²) >= 11 is 0. The third-order valence-electron chi connectivity index (χ3n) is 3.09. The molecule has 0 aromatic heterocycles. The van der Waals surface area contributed by atoms with Crippen molar-refractivity contribution < 1.29 is 40.9 Å². The van der Waals surface area contributed by atoms with Gasteiger partial charge in [0.15, 0.2) is 0 Å². The first kappa shape index (κ1) is 31.2. The maximum atomic E-state index is 11.0. The largest absolute Gasteiger partial charge is 0 e. The molecule has 1 rings (SSSR count). The fraction of sp³-hybridized carbons (Fsp3) is 0.444. The zero-order valence-corrected chi connectivity index (χ0v) is 15.4. The van der Waals surface area contributed by atoms with Crippen molar-refractivity contribution in [3.8, 4) is 0 Å². The van der Waals surface area contributed by atoms with Crippen molar-refractivity contribution in [1.82, 2.24) is 4.90 Å². The predicted molar refractivity (Wildman–Crippen MR) is 84.5 cm³/mol. The van der Waals surface area contributed by atoms with Crippen molar-refractivity contribution in [2.45, 2.75) is 51.8 Å². The second-order valence-electron chi connectivity index (χ2n) is 4.83. The molecular weight excluding hydrogens is 366 g/mol. The number of aliphatic hydroxyl groups excluding tert-OH is 1. The Morgan fingerprint density at radius 1 is 1.04 bits per heavy atom. The van der Waals surface area contributed by atoms with Crippen molar-refractivity contribution in [2.24, 2.45) is 0 Å². The van der Waals surface area contributed by atoms with Crippen molar-refractivity contribution in [3.05, 3.63) is 55.8 Å². The molecule has 0 spiro atoms. The molecule has 0 aliphatic heterocycles. The minimum Gasteiger partial charge on any atom is 0 e. The van der Waals surface area contributed by atoms with E-state index in [-0.39, 0.29) is 29.2 Å². The Kier molecular flexibility index (Phi) is 30.7. The van der Waals surface area contributed by atoms with Gasteiger partial charge in [-0.25, -0.2) is 0 Å². The summed E-state index contributed by atoms with van der Waals surface area (Å²) < 4.78 is 22.5. The Morgan fingerprint density at radius 2 is 1.52 bits per heavy atom. The van der Waals surface area contributed by atoms with Crippen LogP contribution in [0.5, 0.6) is 0 Å². The fourth-order valence-corrected chi connectivity index (χ4v) is 1.92. The topological polar surface area (TPSA) is 100 Å². The van der Waals surface area contributed by atoms with Gasteiger partial charge in [-0.15, -0.1) is 0 Å². The molecule has 138 valence electrons. The van der Waals surface area contributed by atoms with Gasteiger partial charge in [0.05, 0.1) is 6.10 Å². The van der Waals surface area contributed by atoms with Gasteiger partial charge in [0.25, 0.3) is 0 Å². The molecule has 1 aromatic carbocycles. The molecule has 0 aliphatic carbocycles. The Hall–Kier alpha value is -1.61. The molecule has 1 N–H and O–H groups in total. The molecule has 7 heteroatoms. The van der Waals surface area contributed by atoms with Crippen LogP contribution in [-0.4, -0.2) is 28.6 Å². The normalized spacial score (nSPS) is 10.3. The number of rotatable bonds is 8. The molecule has 0 saturated heterocycles. The summed E-state index contributed by atoms with van der Waals surface area (Å²) in [5, 5.41) is 9.21. The first-order chi connectivity index (χ1) is 11.6. The van der Waals surface area contributed by atoms with Crippen molar-refractivity contribution in [2.75, 3.05) is 0 Å². The van der Waals surface area contributed by atoms with E-state index in [0.29, 0.717) is 6.54 Å². The number of aliphatic hydroxyl groups is 1. The molecule has 0 unspecified atom stereocenters. The summed E-state index contributed by atoms with van der Waals surface area (Å²) in [7, 11) is 0. The molecule has 0 saturated carbocycles. The monoisotopic (exact) mass is 388 g/mol. The van der Waals surface area contributed by atoms with E-state index in [1.165, 1.54) is 0 Å². The first-order valence-electron chi connectivity index (χ1n) is 7.11. The predicted octanol–water partition coefficient (Wildman–Crippen LogP) is 2.38. The summed E-state index contributed by atoms with van der Waals surface area (Å²) in [5.41, 5.74) is 1.11. The molecule has 0 bridgehead atoms. The summed E-state index contributed by atoms with van der Waals surface area (Å²) in [6.45, 7) is 17.9. The van der Waals surface area contributed by atoms with Gasteiger partial charge in [-0.2, -0.15) is 6.41 Å². The van der Waals surface area contributed by atoms with E-state index in [2.05, 4.69) is 20.0 Å². The van der Waals surface area contributed by atoms with E-state index in [1.807, 2.05) is 43.7 Å². The SMILES string of the molecule is C[C@H](O)CCC[C@@H](C)N([C-]=O)Cc1ccccc1.[C-]#[O+].[C-]#[O+].[C-]#[O+].[Fe]. The third-order valence-corrected chi connectivity index (χ3v) is 3.09. The Morgan fingerprint density at radius 3 is 1.92 bits per heavy atom. The van der Waals surface area contributed by atoms with Crippen LogP contribution in [0.1, 0.15) is 38.7 Å². The van der Waals surface area contributed by atoms with Crippen LogP contribution in [0, 0.1) is 20.0 Å². The summed E-state index contributed by atoms with van der Waals surface area (Å²) in [5.74, 6) is 0. The smallest absolute Gasteiger partial charge is 0 e. The standard InChI is InChI=1S/C15H22NO2.3CO.Fe/c1-13(7-6-8-14(2)18)16(12-17)11-15-9-4-3-5-10-15;3*1-2;/h3-5,9-10,13-14,18H,6-8,11H2,1-2H3;;;;/q-1;;;;/t13-,14+;;;;/m1..../s1. The second-order valence-corrected chi connectivity index (χ2v) is 4.83. The molecule has 0 aliphatic rings. The van der Waals surface area contributed by atoms with Crippen LogP contribution in [-0.2, 0) is 42.4 Å². The number of hydrogen-bond donors (Lipinski definition) is 1. The molecule has 2 atom stereocenters. The zero-order chi connectivity index (χ0) is 19.4. The number of carbonyl (C=O) groups excluding carboxylic acids is 1. The molecule has 0 heterocycles. The molecule has 1 amide bonds. The van der Waals surface area contributed by atoms with Gasteiger partial charge in [-0.05, 0) is 44.7 Å². The molecule has 25 heavy (non-hydrogen) atoms. The number of benzene rings is 1. The van der Waals surface area contributed by atoms with Crippen LogP contribution in [0.25, 0.3) is 0 Å². The van der Waals surface area contributed by atoms with Gasteiger partial charge in [0.2, 0.25) is 0 Å². The van der Waals surface area contributed by atoms with E-state index in [4.69, 9.17) is 14.0 Å². The Bertz CT molecular complexity index is 445. The summed E-state index contributed by atoms with van der Waals surface area (Å²) in [6, 6.07) is 10.1. The van der Waals surface area contributed by atoms with E-state index in [0.717, 1.165) is 24.8 Å². The number of hydrogen-bond acceptors (Lipinski definition) is 2. The summed E-state index contributed by atoms with van der Waals surface area (Å²) in [6.07, 6.45) is 4.34. The molecular formula is C18H22FeNO5-. The second kappa shape index (κ2) is 24.6. The van der Waals surface area contributed by atoms with Gasteiger partial charge < -0.3 is 14.8 Å². The molecule has 6 nitrogen and oxygen atoms in total. The van der Waals surface area contributed by atoms with E-state index in [1.54, 1.807) is 11.8 Å². The molecule has 0 radical (unpaired) electrons.